The maximum Gasteiger partial charge on any atom is 0.176 e. The van der Waals surface area contributed by atoms with Crippen LogP contribution in [0, 0.1) is 0 Å². The molecule has 1 unspecified atom stereocenters. The lowest BCUT2D eigenvalue weighted by molar-refractivity contribution is 0.506. The molecule has 20 heavy (non-hydrogen) atoms. The van der Waals surface area contributed by atoms with Gasteiger partial charge >= 0.3 is 0 Å². The normalized spacial score (nSPS) is 12.6. The topological polar surface area (TPSA) is 68.5 Å². The summed E-state index contributed by atoms with van der Waals surface area (Å²) in [4.78, 5) is 5.76. The second kappa shape index (κ2) is 6.97. The molecule has 1 N–H and O–H groups in total. The molecule has 2 aromatic heterocycles. The van der Waals surface area contributed by atoms with Crippen LogP contribution < -0.4 is 5.32 Å². The van der Waals surface area contributed by atoms with E-state index in [2.05, 4.69) is 32.6 Å². The number of aromatic nitrogens is 5. The number of nitrogens with one attached hydrogen (secondary N) is 1. The van der Waals surface area contributed by atoms with Gasteiger partial charge in [-0.3, -0.25) is 4.98 Å². The summed E-state index contributed by atoms with van der Waals surface area (Å²) in [5.74, 6) is 0.647. The standard InChI is InChI=1S/C12H16Cl2N6/c1-3-4-15-10(6-11-17-19-20(2)18-11)12-9(14)5-8(13)7-16-12/h5,7,10,15H,3-4,6H2,1-2H3. The van der Waals surface area contributed by atoms with E-state index in [1.165, 1.54) is 4.80 Å². The zero-order valence-electron chi connectivity index (χ0n) is 11.3. The number of hydrogen-bond donors (Lipinski definition) is 1. The van der Waals surface area contributed by atoms with E-state index in [0.29, 0.717) is 22.3 Å². The summed E-state index contributed by atoms with van der Waals surface area (Å²) < 4.78 is 0. The first-order valence-corrected chi connectivity index (χ1v) is 7.13. The van der Waals surface area contributed by atoms with Crippen molar-refractivity contribution in [1.29, 1.82) is 0 Å². The number of nitrogens with zero attached hydrogens (tertiary/aromatic N) is 5. The first kappa shape index (κ1) is 15.2. The zero-order valence-corrected chi connectivity index (χ0v) is 12.9. The smallest absolute Gasteiger partial charge is 0.176 e. The molecule has 0 radical (unpaired) electrons. The van der Waals surface area contributed by atoms with Crippen LogP contribution in [0.4, 0.5) is 0 Å². The second-order valence-corrected chi connectivity index (χ2v) is 5.27. The van der Waals surface area contributed by atoms with Crippen LogP contribution >= 0.6 is 23.2 Å². The summed E-state index contributed by atoms with van der Waals surface area (Å²) >= 11 is 12.1. The molecule has 0 aromatic carbocycles. The third-order valence-electron chi connectivity index (χ3n) is 2.74. The van der Waals surface area contributed by atoms with Gasteiger partial charge in [0.2, 0.25) is 0 Å². The molecule has 1 atom stereocenters. The van der Waals surface area contributed by atoms with Crippen LogP contribution in [0.15, 0.2) is 12.3 Å². The molecule has 108 valence electrons. The van der Waals surface area contributed by atoms with E-state index in [0.717, 1.165) is 18.7 Å². The highest BCUT2D eigenvalue weighted by Crippen LogP contribution is 2.25. The van der Waals surface area contributed by atoms with Crippen molar-refractivity contribution in [1.82, 2.24) is 30.5 Å². The summed E-state index contributed by atoms with van der Waals surface area (Å²) in [6, 6.07) is 1.62. The molecule has 0 aliphatic rings. The fourth-order valence-electron chi connectivity index (χ4n) is 1.85. The molecule has 2 aromatic rings. The molecule has 2 rings (SSSR count). The zero-order chi connectivity index (χ0) is 14.5. The Labute approximate surface area is 127 Å². The van der Waals surface area contributed by atoms with Crippen LogP contribution in [0.5, 0.6) is 0 Å². The summed E-state index contributed by atoms with van der Waals surface area (Å²) in [5, 5.41) is 16.5. The predicted molar refractivity (Wildman–Crippen MR) is 77.8 cm³/mol. The number of rotatable bonds is 6. The minimum Gasteiger partial charge on any atom is -0.308 e. The van der Waals surface area contributed by atoms with Crippen LogP contribution in [0.2, 0.25) is 10.0 Å². The Kier molecular flexibility index (Phi) is 5.28. The molecule has 0 bridgehead atoms. The number of aryl methyl sites for hydroxylation is 1. The lowest BCUT2D eigenvalue weighted by Gasteiger charge is -2.17. The lowest BCUT2D eigenvalue weighted by atomic mass is 10.1. The quantitative estimate of drug-likeness (QED) is 0.885. The van der Waals surface area contributed by atoms with Crippen molar-refractivity contribution in [3.8, 4) is 0 Å². The Balaban J connectivity index is 2.22. The molecule has 2 heterocycles. The minimum atomic E-state index is -0.0658. The number of halogens is 2. The first-order chi connectivity index (χ1) is 9.60. The van der Waals surface area contributed by atoms with Gasteiger partial charge in [0.05, 0.1) is 28.8 Å². The number of pyridine rings is 1. The van der Waals surface area contributed by atoms with Crippen LogP contribution in [0.1, 0.15) is 30.9 Å². The van der Waals surface area contributed by atoms with E-state index in [-0.39, 0.29) is 6.04 Å². The van der Waals surface area contributed by atoms with E-state index in [1.807, 2.05) is 0 Å². The maximum absolute atomic E-state index is 6.23. The predicted octanol–water partition coefficient (Wildman–Crippen LogP) is 2.20. The molecular formula is C12H16Cl2N6. The summed E-state index contributed by atoms with van der Waals surface area (Å²) in [7, 11) is 1.73. The molecule has 8 heteroatoms. The highest BCUT2D eigenvalue weighted by Gasteiger charge is 2.19. The van der Waals surface area contributed by atoms with E-state index in [1.54, 1.807) is 19.3 Å². The van der Waals surface area contributed by atoms with Gasteiger partial charge in [-0.05, 0) is 24.2 Å². The summed E-state index contributed by atoms with van der Waals surface area (Å²) in [5.41, 5.74) is 0.747. The van der Waals surface area contributed by atoms with Gasteiger partial charge in [0.1, 0.15) is 0 Å². The highest BCUT2D eigenvalue weighted by atomic mass is 35.5. The van der Waals surface area contributed by atoms with E-state index >= 15 is 0 Å². The molecule has 0 amide bonds. The van der Waals surface area contributed by atoms with Gasteiger partial charge in [0.25, 0.3) is 0 Å². The molecule has 0 aliphatic heterocycles. The van der Waals surface area contributed by atoms with Crippen molar-refractivity contribution < 1.29 is 0 Å². The molecular weight excluding hydrogens is 299 g/mol. The van der Waals surface area contributed by atoms with Gasteiger partial charge in [0.15, 0.2) is 5.82 Å². The summed E-state index contributed by atoms with van der Waals surface area (Å²) in [6.07, 6.45) is 3.17. The molecule has 0 saturated carbocycles. The number of hydrogen-bond acceptors (Lipinski definition) is 5. The van der Waals surface area contributed by atoms with E-state index < -0.39 is 0 Å². The maximum atomic E-state index is 6.23. The Hall–Kier alpha value is -1.24. The largest absolute Gasteiger partial charge is 0.308 e. The van der Waals surface area contributed by atoms with Gasteiger partial charge in [-0.2, -0.15) is 4.80 Å². The van der Waals surface area contributed by atoms with Crippen LogP contribution in [0.25, 0.3) is 0 Å². The molecule has 0 saturated heterocycles. The Morgan fingerprint density at radius 1 is 1.40 bits per heavy atom. The first-order valence-electron chi connectivity index (χ1n) is 6.37. The van der Waals surface area contributed by atoms with Gasteiger partial charge in [-0.1, -0.05) is 30.1 Å². The van der Waals surface area contributed by atoms with Crippen LogP contribution in [0.3, 0.4) is 0 Å². The van der Waals surface area contributed by atoms with Gasteiger partial charge in [0, 0.05) is 12.6 Å². The van der Waals surface area contributed by atoms with Gasteiger partial charge < -0.3 is 5.32 Å². The fourth-order valence-corrected chi connectivity index (χ4v) is 2.37. The molecule has 0 fully saturated rings. The summed E-state index contributed by atoms with van der Waals surface area (Å²) in [6.45, 7) is 2.95. The average molecular weight is 315 g/mol. The van der Waals surface area contributed by atoms with Crippen molar-refractivity contribution >= 4 is 23.2 Å². The van der Waals surface area contributed by atoms with Crippen molar-refractivity contribution in [3.63, 3.8) is 0 Å². The van der Waals surface area contributed by atoms with Crippen molar-refractivity contribution in [2.24, 2.45) is 7.05 Å². The third kappa shape index (κ3) is 3.88. The van der Waals surface area contributed by atoms with Crippen LogP contribution in [-0.4, -0.2) is 31.7 Å². The van der Waals surface area contributed by atoms with E-state index in [9.17, 15) is 0 Å². The van der Waals surface area contributed by atoms with Gasteiger partial charge in [-0.15, -0.1) is 10.2 Å². The van der Waals surface area contributed by atoms with Crippen molar-refractivity contribution in [3.05, 3.63) is 33.8 Å². The average Bonchev–Trinajstić information content (AvgIpc) is 2.80. The Morgan fingerprint density at radius 3 is 2.80 bits per heavy atom. The molecule has 0 spiro atoms. The highest BCUT2D eigenvalue weighted by molar-refractivity contribution is 6.34. The number of tetrazole rings is 1. The van der Waals surface area contributed by atoms with E-state index in [4.69, 9.17) is 23.2 Å². The van der Waals surface area contributed by atoms with Crippen molar-refractivity contribution in [2.45, 2.75) is 25.8 Å². The Bertz CT molecular complexity index is 571. The van der Waals surface area contributed by atoms with Crippen LogP contribution in [-0.2, 0) is 13.5 Å². The Morgan fingerprint density at radius 2 is 2.20 bits per heavy atom. The molecule has 6 nitrogen and oxygen atoms in total. The molecule has 0 aliphatic carbocycles. The SMILES string of the molecule is CCCNC(Cc1nnn(C)n1)c1ncc(Cl)cc1Cl. The second-order valence-electron chi connectivity index (χ2n) is 4.43. The lowest BCUT2D eigenvalue weighted by Crippen LogP contribution is -2.25. The fraction of sp³-hybridized carbons (Fsp3) is 0.500. The van der Waals surface area contributed by atoms with Gasteiger partial charge in [-0.25, -0.2) is 0 Å². The minimum absolute atomic E-state index is 0.0658. The van der Waals surface area contributed by atoms with Crippen molar-refractivity contribution in [2.75, 3.05) is 6.54 Å². The monoisotopic (exact) mass is 314 g/mol. The third-order valence-corrected chi connectivity index (χ3v) is 3.25.